The molecule has 1 rings (SSSR count). The lowest BCUT2D eigenvalue weighted by Crippen LogP contribution is -2.20. The topological polar surface area (TPSA) is 12.0 Å². The molecule has 1 N–H and O–H groups in total. The van der Waals surface area contributed by atoms with Crippen molar-refractivity contribution in [2.75, 3.05) is 6.54 Å². The average molecular weight is 216 g/mol. The molecular weight excluding hydrogens is 201 g/mol. The minimum atomic E-state index is -0.315. The Labute approximate surface area is 89.3 Å². The minimum absolute atomic E-state index is 0.00801. The highest BCUT2D eigenvalue weighted by Crippen LogP contribution is 2.22. The van der Waals surface area contributed by atoms with Crippen molar-refractivity contribution in [2.45, 2.75) is 26.3 Å². The molecule has 0 radical (unpaired) electrons. The van der Waals surface area contributed by atoms with Gasteiger partial charge in [0.05, 0.1) is 5.02 Å². The van der Waals surface area contributed by atoms with E-state index in [1.165, 1.54) is 0 Å². The van der Waals surface area contributed by atoms with Crippen LogP contribution >= 0.6 is 11.6 Å². The number of rotatable bonds is 4. The van der Waals surface area contributed by atoms with Crippen LogP contribution in [0.2, 0.25) is 5.02 Å². The Morgan fingerprint density at radius 1 is 1.50 bits per heavy atom. The second-order valence-corrected chi connectivity index (χ2v) is 3.73. The van der Waals surface area contributed by atoms with E-state index in [4.69, 9.17) is 11.6 Å². The first kappa shape index (κ1) is 11.5. The van der Waals surface area contributed by atoms with E-state index in [2.05, 4.69) is 12.2 Å². The van der Waals surface area contributed by atoms with Crippen LogP contribution in [0.4, 0.5) is 4.39 Å². The molecule has 14 heavy (non-hydrogen) atoms. The molecule has 1 nitrogen and oxygen atoms in total. The summed E-state index contributed by atoms with van der Waals surface area (Å²) in [7, 11) is 0. The molecule has 1 unspecified atom stereocenters. The molecule has 0 bridgehead atoms. The smallest absolute Gasteiger partial charge is 0.146 e. The standard InChI is InChI=1S/C11H15ClFN/c1-3-7-14-8(2)9-5-4-6-10(12)11(9)13/h4-6,8,14H,3,7H2,1-2H3. The predicted molar refractivity (Wildman–Crippen MR) is 58.1 cm³/mol. The van der Waals surface area contributed by atoms with Crippen molar-refractivity contribution in [1.82, 2.24) is 5.32 Å². The molecule has 0 saturated heterocycles. The van der Waals surface area contributed by atoms with Crippen molar-refractivity contribution in [3.63, 3.8) is 0 Å². The van der Waals surface area contributed by atoms with E-state index >= 15 is 0 Å². The molecule has 0 spiro atoms. The summed E-state index contributed by atoms with van der Waals surface area (Å²) in [5, 5.41) is 3.41. The number of hydrogen-bond acceptors (Lipinski definition) is 1. The van der Waals surface area contributed by atoms with E-state index in [-0.39, 0.29) is 16.9 Å². The van der Waals surface area contributed by atoms with Crippen molar-refractivity contribution in [3.05, 3.63) is 34.6 Å². The molecule has 0 fully saturated rings. The fourth-order valence-electron chi connectivity index (χ4n) is 1.33. The van der Waals surface area contributed by atoms with Gasteiger partial charge in [0.1, 0.15) is 5.82 Å². The van der Waals surface area contributed by atoms with Gasteiger partial charge in [-0.2, -0.15) is 0 Å². The Kier molecular flexibility index (Phi) is 4.36. The van der Waals surface area contributed by atoms with Gasteiger partial charge in [-0.3, -0.25) is 0 Å². The van der Waals surface area contributed by atoms with Crippen molar-refractivity contribution >= 4 is 11.6 Å². The van der Waals surface area contributed by atoms with Gasteiger partial charge in [-0.1, -0.05) is 30.7 Å². The first-order chi connectivity index (χ1) is 6.66. The Hall–Kier alpha value is -0.600. The molecular formula is C11H15ClFN. The van der Waals surface area contributed by atoms with E-state index in [1.807, 2.05) is 6.92 Å². The van der Waals surface area contributed by atoms with Crippen LogP contribution in [0.3, 0.4) is 0 Å². The van der Waals surface area contributed by atoms with Gasteiger partial charge in [0.2, 0.25) is 0 Å². The van der Waals surface area contributed by atoms with Crippen molar-refractivity contribution < 1.29 is 4.39 Å². The lowest BCUT2D eigenvalue weighted by atomic mass is 10.1. The highest BCUT2D eigenvalue weighted by molar-refractivity contribution is 6.30. The Bertz CT molecular complexity index is 301. The van der Waals surface area contributed by atoms with Crippen molar-refractivity contribution in [3.8, 4) is 0 Å². The van der Waals surface area contributed by atoms with Gasteiger partial charge in [-0.05, 0) is 26.0 Å². The highest BCUT2D eigenvalue weighted by Gasteiger charge is 2.11. The van der Waals surface area contributed by atoms with Gasteiger partial charge in [0.15, 0.2) is 0 Å². The second kappa shape index (κ2) is 5.32. The van der Waals surface area contributed by atoms with Crippen LogP contribution in [0, 0.1) is 5.82 Å². The first-order valence-electron chi connectivity index (χ1n) is 4.84. The van der Waals surface area contributed by atoms with E-state index in [0.717, 1.165) is 13.0 Å². The minimum Gasteiger partial charge on any atom is -0.310 e. The molecule has 0 aromatic heterocycles. The van der Waals surface area contributed by atoms with Gasteiger partial charge < -0.3 is 5.32 Å². The first-order valence-corrected chi connectivity index (χ1v) is 5.22. The summed E-state index contributed by atoms with van der Waals surface area (Å²) in [6.07, 6.45) is 1.03. The molecule has 1 aromatic rings. The summed E-state index contributed by atoms with van der Waals surface area (Å²) in [6, 6.07) is 5.10. The lowest BCUT2D eigenvalue weighted by molar-refractivity contribution is 0.528. The highest BCUT2D eigenvalue weighted by atomic mass is 35.5. The molecule has 1 atom stereocenters. The van der Waals surface area contributed by atoms with Gasteiger partial charge in [-0.15, -0.1) is 0 Å². The molecule has 0 heterocycles. The van der Waals surface area contributed by atoms with Crippen molar-refractivity contribution in [1.29, 1.82) is 0 Å². The molecule has 0 aliphatic rings. The van der Waals surface area contributed by atoms with Crippen LogP contribution in [0.15, 0.2) is 18.2 Å². The molecule has 78 valence electrons. The van der Waals surface area contributed by atoms with E-state index in [9.17, 15) is 4.39 Å². The maximum Gasteiger partial charge on any atom is 0.146 e. The summed E-state index contributed by atoms with van der Waals surface area (Å²) in [4.78, 5) is 0. The third-order valence-corrected chi connectivity index (χ3v) is 2.44. The molecule has 0 amide bonds. The van der Waals surface area contributed by atoms with E-state index < -0.39 is 0 Å². The summed E-state index contributed by atoms with van der Waals surface area (Å²) in [5.74, 6) is -0.315. The summed E-state index contributed by atoms with van der Waals surface area (Å²) in [5.41, 5.74) is 0.631. The monoisotopic (exact) mass is 215 g/mol. The van der Waals surface area contributed by atoms with Crippen LogP contribution in [0.25, 0.3) is 0 Å². The van der Waals surface area contributed by atoms with Crippen molar-refractivity contribution in [2.24, 2.45) is 0 Å². The number of halogens is 2. The largest absolute Gasteiger partial charge is 0.310 e. The number of benzene rings is 1. The molecule has 1 aromatic carbocycles. The van der Waals surface area contributed by atoms with Gasteiger partial charge >= 0.3 is 0 Å². The van der Waals surface area contributed by atoms with Gasteiger partial charge in [0.25, 0.3) is 0 Å². The summed E-state index contributed by atoms with van der Waals surface area (Å²) < 4.78 is 13.5. The van der Waals surface area contributed by atoms with Crippen LogP contribution in [0.1, 0.15) is 31.9 Å². The third-order valence-electron chi connectivity index (χ3n) is 2.15. The second-order valence-electron chi connectivity index (χ2n) is 3.32. The molecule has 0 saturated carbocycles. The van der Waals surface area contributed by atoms with Gasteiger partial charge in [0, 0.05) is 11.6 Å². The van der Waals surface area contributed by atoms with Crippen LogP contribution in [-0.2, 0) is 0 Å². The maximum absolute atomic E-state index is 13.5. The Morgan fingerprint density at radius 3 is 2.86 bits per heavy atom. The summed E-state index contributed by atoms with van der Waals surface area (Å²) >= 11 is 5.69. The normalized spacial score (nSPS) is 12.9. The Morgan fingerprint density at radius 2 is 2.21 bits per heavy atom. The fraction of sp³-hybridized carbons (Fsp3) is 0.455. The number of nitrogens with one attached hydrogen (secondary N) is 1. The zero-order chi connectivity index (χ0) is 10.6. The quantitative estimate of drug-likeness (QED) is 0.810. The Balaban J connectivity index is 2.79. The van der Waals surface area contributed by atoms with Gasteiger partial charge in [-0.25, -0.2) is 4.39 Å². The molecule has 0 aliphatic heterocycles. The maximum atomic E-state index is 13.5. The van der Waals surface area contributed by atoms with E-state index in [0.29, 0.717) is 5.56 Å². The van der Waals surface area contributed by atoms with Crippen LogP contribution in [0.5, 0.6) is 0 Å². The molecule has 0 aliphatic carbocycles. The molecule has 3 heteroatoms. The third kappa shape index (κ3) is 2.69. The zero-order valence-electron chi connectivity index (χ0n) is 8.48. The SMILES string of the molecule is CCCNC(C)c1cccc(Cl)c1F. The zero-order valence-corrected chi connectivity index (χ0v) is 9.24. The van der Waals surface area contributed by atoms with E-state index in [1.54, 1.807) is 18.2 Å². The fourth-order valence-corrected chi connectivity index (χ4v) is 1.51. The predicted octanol–water partition coefficient (Wildman–Crippen LogP) is 3.54. The average Bonchev–Trinajstić information content (AvgIpc) is 2.18. The summed E-state index contributed by atoms with van der Waals surface area (Å²) in [6.45, 7) is 4.89. The lowest BCUT2D eigenvalue weighted by Gasteiger charge is -2.14. The van der Waals surface area contributed by atoms with Crippen LogP contribution in [-0.4, -0.2) is 6.54 Å². The number of hydrogen-bond donors (Lipinski definition) is 1. The van der Waals surface area contributed by atoms with Crippen LogP contribution < -0.4 is 5.32 Å².